The molecule has 0 bridgehead atoms. The summed E-state index contributed by atoms with van der Waals surface area (Å²) in [6.45, 7) is 0.247. The predicted octanol–water partition coefficient (Wildman–Crippen LogP) is 4.43. The molecule has 3 rings (SSSR count). The number of rotatable bonds is 6. The molecule has 2 heterocycles. The van der Waals surface area contributed by atoms with Crippen LogP contribution in [0.2, 0.25) is 10.0 Å². The van der Waals surface area contributed by atoms with E-state index in [9.17, 15) is 0 Å². The Balaban J connectivity index is 1.97. The molecular weight excluding hydrogens is 421 g/mol. The highest BCUT2D eigenvalue weighted by Gasteiger charge is 2.21. The Bertz CT molecular complexity index is 989. The number of nitrogens with zero attached hydrogens (tertiary/aromatic N) is 3. The van der Waals surface area contributed by atoms with Crippen molar-refractivity contribution in [2.45, 2.75) is 6.54 Å². The number of ether oxygens (including phenoxy) is 2. The molecule has 0 aliphatic rings. The van der Waals surface area contributed by atoms with Crippen LogP contribution in [0.25, 0.3) is 11.4 Å². The first-order chi connectivity index (χ1) is 13.4. The lowest BCUT2D eigenvalue weighted by atomic mass is 10.1. The number of thiazole rings is 1. The first-order valence-corrected chi connectivity index (χ1v) is 9.66. The van der Waals surface area contributed by atoms with Gasteiger partial charge in [-0.25, -0.2) is 4.98 Å². The van der Waals surface area contributed by atoms with Crippen molar-refractivity contribution < 1.29 is 9.47 Å². The first kappa shape index (κ1) is 20.2. The number of benzene rings is 1. The number of hydrogen-bond acceptors (Lipinski definition) is 6. The SMILES string of the molecule is COc1cccc(OC)c1CN(C(=N)N)c1nc(-c2ncc(Cl)cc2Cl)cs1. The minimum absolute atomic E-state index is 0.163. The fraction of sp³-hybridized carbons (Fsp3) is 0.167. The quantitative estimate of drug-likeness (QED) is 0.437. The van der Waals surface area contributed by atoms with Crippen molar-refractivity contribution in [3.63, 3.8) is 0 Å². The van der Waals surface area contributed by atoms with Crippen molar-refractivity contribution in [2.75, 3.05) is 19.1 Å². The number of pyridine rings is 1. The number of aromatic nitrogens is 2. The van der Waals surface area contributed by atoms with Gasteiger partial charge >= 0.3 is 0 Å². The zero-order chi connectivity index (χ0) is 20.3. The molecule has 0 radical (unpaired) electrons. The lowest BCUT2D eigenvalue weighted by molar-refractivity contribution is 0.385. The molecule has 146 valence electrons. The fourth-order valence-corrected chi connectivity index (χ4v) is 3.90. The number of halogens is 2. The molecule has 3 aromatic rings. The molecule has 10 heteroatoms. The lowest BCUT2D eigenvalue weighted by Gasteiger charge is -2.22. The van der Waals surface area contributed by atoms with Gasteiger partial charge in [0, 0.05) is 11.6 Å². The van der Waals surface area contributed by atoms with Crippen molar-refractivity contribution in [2.24, 2.45) is 5.73 Å². The van der Waals surface area contributed by atoms with Crippen LogP contribution >= 0.6 is 34.5 Å². The third-order valence-electron chi connectivity index (χ3n) is 3.91. The van der Waals surface area contributed by atoms with E-state index < -0.39 is 0 Å². The molecule has 0 aliphatic heterocycles. The van der Waals surface area contributed by atoms with E-state index in [-0.39, 0.29) is 12.5 Å². The monoisotopic (exact) mass is 437 g/mol. The number of nitrogens with two attached hydrogens (primary N) is 1. The number of methoxy groups -OCH3 is 2. The van der Waals surface area contributed by atoms with E-state index in [4.69, 9.17) is 43.8 Å². The van der Waals surface area contributed by atoms with Crippen LogP contribution in [0, 0.1) is 5.41 Å². The van der Waals surface area contributed by atoms with Gasteiger partial charge in [-0.2, -0.15) is 0 Å². The maximum atomic E-state index is 8.01. The number of anilines is 1. The van der Waals surface area contributed by atoms with Gasteiger partial charge in [-0.1, -0.05) is 29.3 Å². The van der Waals surface area contributed by atoms with Gasteiger partial charge in [0.2, 0.25) is 0 Å². The van der Waals surface area contributed by atoms with Gasteiger partial charge in [-0.15, -0.1) is 11.3 Å². The lowest BCUT2D eigenvalue weighted by Crippen LogP contribution is -2.36. The molecule has 0 amide bonds. The van der Waals surface area contributed by atoms with Crippen LogP contribution in [0.5, 0.6) is 11.5 Å². The van der Waals surface area contributed by atoms with E-state index in [0.717, 1.165) is 5.56 Å². The Morgan fingerprint density at radius 1 is 1.25 bits per heavy atom. The second-order valence-corrected chi connectivity index (χ2v) is 7.29. The minimum Gasteiger partial charge on any atom is -0.496 e. The Labute approximate surface area is 176 Å². The van der Waals surface area contributed by atoms with Gasteiger partial charge < -0.3 is 15.2 Å². The average molecular weight is 438 g/mol. The summed E-state index contributed by atoms with van der Waals surface area (Å²) >= 11 is 13.5. The fourth-order valence-electron chi connectivity index (χ4n) is 2.60. The first-order valence-electron chi connectivity index (χ1n) is 8.03. The maximum Gasteiger partial charge on any atom is 0.195 e. The van der Waals surface area contributed by atoms with E-state index in [1.54, 1.807) is 30.6 Å². The summed E-state index contributed by atoms with van der Waals surface area (Å²) in [6.07, 6.45) is 1.50. The van der Waals surface area contributed by atoms with E-state index >= 15 is 0 Å². The summed E-state index contributed by atoms with van der Waals surface area (Å²) < 4.78 is 10.9. The number of guanidine groups is 1. The highest BCUT2D eigenvalue weighted by molar-refractivity contribution is 7.14. The molecule has 0 unspecified atom stereocenters. The van der Waals surface area contributed by atoms with Crippen LogP contribution in [-0.4, -0.2) is 30.1 Å². The molecule has 7 nitrogen and oxygen atoms in total. The van der Waals surface area contributed by atoms with E-state index in [1.165, 1.54) is 17.5 Å². The largest absolute Gasteiger partial charge is 0.496 e. The smallest absolute Gasteiger partial charge is 0.195 e. The van der Waals surface area contributed by atoms with Crippen molar-refractivity contribution in [3.8, 4) is 22.9 Å². The molecule has 0 saturated heterocycles. The van der Waals surface area contributed by atoms with Crippen molar-refractivity contribution >= 4 is 45.6 Å². The van der Waals surface area contributed by atoms with E-state index in [0.29, 0.717) is 38.1 Å². The average Bonchev–Trinajstić information content (AvgIpc) is 3.14. The Morgan fingerprint density at radius 2 is 1.93 bits per heavy atom. The van der Waals surface area contributed by atoms with Crippen LogP contribution in [0.1, 0.15) is 5.56 Å². The van der Waals surface area contributed by atoms with Gasteiger partial charge in [0.05, 0.1) is 36.4 Å². The van der Waals surface area contributed by atoms with Crippen LogP contribution in [-0.2, 0) is 6.54 Å². The highest BCUT2D eigenvalue weighted by Crippen LogP contribution is 2.34. The standard InChI is InChI=1S/C18H17Cl2N5O2S/c1-26-14-4-3-5-15(27-2)11(14)8-25(17(21)22)18-24-13(9-28-18)16-12(20)6-10(19)7-23-16/h3-7,9H,8H2,1-2H3,(H3,21,22). The Hall–Kier alpha value is -2.55. The van der Waals surface area contributed by atoms with Crippen molar-refractivity contribution in [1.82, 2.24) is 9.97 Å². The van der Waals surface area contributed by atoms with Crippen LogP contribution in [0.4, 0.5) is 5.13 Å². The summed E-state index contributed by atoms with van der Waals surface area (Å²) in [5, 5.41) is 11.2. The zero-order valence-corrected chi connectivity index (χ0v) is 17.4. The summed E-state index contributed by atoms with van der Waals surface area (Å²) in [5.74, 6) is 1.10. The molecular formula is C18H17Cl2N5O2S. The molecule has 28 heavy (non-hydrogen) atoms. The summed E-state index contributed by atoms with van der Waals surface area (Å²) in [6, 6.07) is 7.07. The molecule has 0 atom stereocenters. The van der Waals surface area contributed by atoms with E-state index in [1.807, 2.05) is 18.2 Å². The third kappa shape index (κ3) is 4.14. The molecule has 1 aromatic carbocycles. The van der Waals surface area contributed by atoms with Gasteiger partial charge in [-0.05, 0) is 18.2 Å². The van der Waals surface area contributed by atoms with Gasteiger partial charge in [0.1, 0.15) is 22.9 Å². The van der Waals surface area contributed by atoms with Crippen LogP contribution in [0.15, 0.2) is 35.8 Å². The highest BCUT2D eigenvalue weighted by atomic mass is 35.5. The second kappa shape index (κ2) is 8.64. The zero-order valence-electron chi connectivity index (χ0n) is 15.1. The Kier molecular flexibility index (Phi) is 6.23. The summed E-state index contributed by atoms with van der Waals surface area (Å²) in [7, 11) is 3.15. The Morgan fingerprint density at radius 3 is 2.50 bits per heavy atom. The van der Waals surface area contributed by atoms with Crippen LogP contribution in [0.3, 0.4) is 0 Å². The normalized spacial score (nSPS) is 10.6. The number of nitrogens with one attached hydrogen (secondary N) is 1. The van der Waals surface area contributed by atoms with Gasteiger partial charge in [-0.3, -0.25) is 15.3 Å². The number of hydrogen-bond donors (Lipinski definition) is 2. The third-order valence-corrected chi connectivity index (χ3v) is 5.27. The molecule has 0 fully saturated rings. The topological polar surface area (TPSA) is 97.4 Å². The van der Waals surface area contributed by atoms with Crippen molar-refractivity contribution in [1.29, 1.82) is 5.41 Å². The van der Waals surface area contributed by atoms with Gasteiger partial charge in [0.25, 0.3) is 0 Å². The predicted molar refractivity (Wildman–Crippen MR) is 113 cm³/mol. The van der Waals surface area contributed by atoms with Crippen molar-refractivity contribution in [3.05, 3.63) is 51.5 Å². The molecule has 3 N–H and O–H groups in total. The maximum absolute atomic E-state index is 8.01. The van der Waals surface area contributed by atoms with E-state index in [2.05, 4.69) is 9.97 Å². The summed E-state index contributed by atoms with van der Waals surface area (Å²) in [4.78, 5) is 10.3. The van der Waals surface area contributed by atoms with Crippen LogP contribution < -0.4 is 20.1 Å². The van der Waals surface area contributed by atoms with Gasteiger partial charge in [0.15, 0.2) is 11.1 Å². The molecule has 2 aromatic heterocycles. The molecule has 0 spiro atoms. The second-order valence-electron chi connectivity index (χ2n) is 5.61. The molecule has 0 saturated carbocycles. The molecule has 0 aliphatic carbocycles. The summed E-state index contributed by atoms with van der Waals surface area (Å²) in [5.41, 5.74) is 7.66. The minimum atomic E-state index is -0.163.